The van der Waals surface area contributed by atoms with Gasteiger partial charge < -0.3 is 60.2 Å². The number of unbranched alkanes of at least 4 members (excludes halogenated alkanes) is 27. The first kappa shape index (κ1) is 102. The molecule has 26 heteroatoms. The summed E-state index contributed by atoms with van der Waals surface area (Å²) in [4.78, 5) is 100. The topological polar surface area (TPSA) is 339 Å². The number of hydrogen-bond donors (Lipinski definition) is 8. The van der Waals surface area contributed by atoms with Gasteiger partial charge in [0.15, 0.2) is 0 Å². The van der Waals surface area contributed by atoms with Gasteiger partial charge in [-0.3, -0.25) is 46.9 Å². The largest absolute Gasteiger partial charge is 0.472 e. The summed E-state index contributed by atoms with van der Waals surface area (Å²) in [7, 11) is -9.45. The van der Waals surface area contributed by atoms with Crippen LogP contribution in [0, 0.1) is 0 Å². The van der Waals surface area contributed by atoms with E-state index < -0.39 is 102 Å². The Morgan fingerprint density at radius 3 is 0.991 bits per heavy atom. The van der Waals surface area contributed by atoms with Gasteiger partial charge in [0, 0.05) is 52.0 Å². The van der Waals surface area contributed by atoms with E-state index in [4.69, 9.17) is 37.0 Å². The van der Waals surface area contributed by atoms with E-state index in [1.54, 1.807) is 0 Å². The monoisotopic (exact) mass is 1550 g/mol. The Balaban J connectivity index is 5.42. The highest BCUT2D eigenvalue weighted by Gasteiger charge is 2.29. The summed E-state index contributed by atoms with van der Waals surface area (Å²) in [6.45, 7) is 11.0. The fourth-order valence-corrected chi connectivity index (χ4v) is 13.2. The second kappa shape index (κ2) is 72.9. The minimum absolute atomic E-state index is 0.0281. The Labute approximate surface area is 641 Å². The Bertz CT molecular complexity index is 2150. The van der Waals surface area contributed by atoms with Crippen LogP contribution < -0.4 is 21.3 Å². The number of aliphatic hydroxyl groups excluding tert-OH is 2. The van der Waals surface area contributed by atoms with E-state index in [0.29, 0.717) is 64.2 Å². The average Bonchev–Trinajstić information content (AvgIpc) is 0.949. The van der Waals surface area contributed by atoms with Gasteiger partial charge in [-0.05, 0) is 116 Å². The van der Waals surface area contributed by atoms with E-state index in [1.807, 2.05) is 0 Å². The Hall–Kier alpha value is -3.64. The normalized spacial score (nSPS) is 14.6. The third-order valence-corrected chi connectivity index (χ3v) is 20.1. The molecule has 0 aromatic rings. The van der Waals surface area contributed by atoms with Gasteiger partial charge in [0.2, 0.25) is 23.6 Å². The van der Waals surface area contributed by atoms with Crippen LogP contribution in [0.3, 0.4) is 0 Å². The van der Waals surface area contributed by atoms with Crippen molar-refractivity contribution >= 4 is 51.2 Å². The molecular formula is C80H152N4O20P2. The number of hydrogen-bond acceptors (Lipinski definition) is 18. The Kier molecular flexibility index (Phi) is 70.4. The Morgan fingerprint density at radius 1 is 0.340 bits per heavy atom. The van der Waals surface area contributed by atoms with Crippen molar-refractivity contribution in [1.82, 2.24) is 21.3 Å². The van der Waals surface area contributed by atoms with Crippen LogP contribution in [-0.2, 0) is 74.9 Å². The number of esters is 2. The van der Waals surface area contributed by atoms with Gasteiger partial charge in [-0.2, -0.15) is 0 Å². The summed E-state index contributed by atoms with van der Waals surface area (Å²) >= 11 is 0. The molecule has 8 atom stereocenters. The van der Waals surface area contributed by atoms with Crippen LogP contribution >= 0.6 is 15.6 Å². The fourth-order valence-electron chi connectivity index (χ4n) is 11.7. The van der Waals surface area contributed by atoms with Gasteiger partial charge >= 0.3 is 27.6 Å². The van der Waals surface area contributed by atoms with Crippen LogP contribution in [0.2, 0.25) is 0 Å². The van der Waals surface area contributed by atoms with E-state index in [0.717, 1.165) is 167 Å². The maximum atomic E-state index is 13.6. The molecule has 0 aliphatic heterocycles. The number of carbonyl (C=O) groups excluding carboxylic acids is 6. The average molecular weight is 1550 g/mol. The van der Waals surface area contributed by atoms with Crippen LogP contribution in [0.25, 0.3) is 0 Å². The predicted octanol–water partition coefficient (Wildman–Crippen LogP) is 17.0. The number of nitrogens with one attached hydrogen (secondary N) is 4. The van der Waals surface area contributed by atoms with Crippen molar-refractivity contribution in [3.05, 3.63) is 24.3 Å². The van der Waals surface area contributed by atoms with Gasteiger partial charge in [-0.15, -0.1) is 0 Å². The lowest BCUT2D eigenvalue weighted by atomic mass is 10.1. The lowest BCUT2D eigenvalue weighted by Crippen LogP contribution is -2.43. The SMILES string of the molecule is CCCCCC/C=C\CCCC(=O)O[C@H](CCCCCCC)CC(=O)NC(COCCC(O)CCCCCCC)COP(=O)(O)OCCNC(=O)CCCCC(=O)NCCOP(=O)(O)OCC(COCCC(O)CCCCCCC)NC(=O)C[C@@H](CCCCCCC)OC(=O)CCC/C=C\CCCCCC. The van der Waals surface area contributed by atoms with E-state index in [9.17, 15) is 57.9 Å². The smallest absolute Gasteiger partial charge is 0.462 e. The van der Waals surface area contributed by atoms with E-state index in [-0.39, 0.29) is 90.0 Å². The zero-order valence-corrected chi connectivity index (χ0v) is 68.8. The Morgan fingerprint density at radius 2 is 0.651 bits per heavy atom. The molecule has 4 amide bonds. The molecule has 0 aromatic heterocycles. The maximum absolute atomic E-state index is 13.6. The molecule has 0 fully saturated rings. The number of carbonyl (C=O) groups is 6. The molecule has 8 N–H and O–H groups in total. The highest BCUT2D eigenvalue weighted by molar-refractivity contribution is 7.47. The molecule has 6 unspecified atom stereocenters. The maximum Gasteiger partial charge on any atom is 0.472 e. The first-order chi connectivity index (χ1) is 51.2. The summed E-state index contributed by atoms with van der Waals surface area (Å²) in [6, 6.07) is -1.84. The molecule has 0 saturated heterocycles. The van der Waals surface area contributed by atoms with E-state index >= 15 is 0 Å². The molecule has 0 heterocycles. The van der Waals surface area contributed by atoms with Crippen LogP contribution in [0.4, 0.5) is 0 Å². The minimum atomic E-state index is -4.72. The third kappa shape index (κ3) is 69.5. The number of rotatable bonds is 79. The van der Waals surface area contributed by atoms with Gasteiger partial charge in [-0.25, -0.2) is 9.13 Å². The highest BCUT2D eigenvalue weighted by atomic mass is 31.2. The summed E-state index contributed by atoms with van der Waals surface area (Å²) in [5, 5.41) is 32.0. The van der Waals surface area contributed by atoms with Crippen molar-refractivity contribution in [2.24, 2.45) is 0 Å². The van der Waals surface area contributed by atoms with E-state index in [1.165, 1.54) is 38.5 Å². The molecule has 622 valence electrons. The number of phosphoric acid groups is 2. The van der Waals surface area contributed by atoms with Crippen molar-refractivity contribution in [3.8, 4) is 0 Å². The van der Waals surface area contributed by atoms with Crippen molar-refractivity contribution in [2.45, 2.75) is 386 Å². The first-order valence-corrected chi connectivity index (χ1v) is 44.8. The lowest BCUT2D eigenvalue weighted by Gasteiger charge is -2.23. The molecule has 0 aromatic carbocycles. The van der Waals surface area contributed by atoms with Crippen molar-refractivity contribution in [2.75, 3.05) is 65.9 Å². The van der Waals surface area contributed by atoms with Gasteiger partial charge in [0.25, 0.3) is 0 Å². The molecule has 0 aliphatic carbocycles. The van der Waals surface area contributed by atoms with Crippen molar-refractivity contribution in [1.29, 1.82) is 0 Å². The number of phosphoric ester groups is 2. The van der Waals surface area contributed by atoms with Gasteiger partial charge in [0.05, 0.1) is 76.8 Å². The molecule has 24 nitrogen and oxygen atoms in total. The number of ether oxygens (including phenoxy) is 4. The standard InChI is InChI=1S/C80H152N4O20P2/c1-7-13-19-25-27-29-31-37-43-53-79(91)103-73(49-41-35-23-17-11-5)63-77(89)83-69(65-97-59-55-71(85)47-39-33-21-15-9-3)67-101-105(93,94)99-61-57-81-75(87)51-45-46-52-76(88)82-58-62-100-106(95,96)102-68-70(66-98-60-56-72(86)48-40-34-22-16-10-4)84-78(90)64-74(50-42-36-24-18-12-6)104-80(92)54-44-38-32-30-28-26-20-14-8-2/h29-32,69-74,85-86H,7-28,33-68H2,1-6H3,(H,81,87)(H,82,88)(H,83,89)(H,84,90)(H,93,94)(H,95,96)/b31-29-,32-30-/t69?,70?,71?,72?,73-,74-/m1/s1. The van der Waals surface area contributed by atoms with Crippen LogP contribution in [0.5, 0.6) is 0 Å². The first-order valence-electron chi connectivity index (χ1n) is 41.8. The highest BCUT2D eigenvalue weighted by Crippen LogP contribution is 2.44. The second-order valence-electron chi connectivity index (χ2n) is 28.5. The zero-order valence-electron chi connectivity index (χ0n) is 67.0. The molecule has 106 heavy (non-hydrogen) atoms. The van der Waals surface area contributed by atoms with E-state index in [2.05, 4.69) is 87.1 Å². The summed E-state index contributed by atoms with van der Waals surface area (Å²) in [5.41, 5.74) is 0. The summed E-state index contributed by atoms with van der Waals surface area (Å²) in [5.74, 6) is -2.46. The third-order valence-electron chi connectivity index (χ3n) is 18.1. The molecular weight excluding hydrogens is 1400 g/mol. The summed E-state index contributed by atoms with van der Waals surface area (Å²) < 4.78 is 70.7. The van der Waals surface area contributed by atoms with Crippen molar-refractivity contribution < 1.29 is 94.9 Å². The molecule has 0 saturated carbocycles. The molecule has 0 radical (unpaired) electrons. The second-order valence-corrected chi connectivity index (χ2v) is 31.4. The zero-order chi connectivity index (χ0) is 78.3. The van der Waals surface area contributed by atoms with Gasteiger partial charge in [0.1, 0.15) is 12.2 Å². The summed E-state index contributed by atoms with van der Waals surface area (Å²) in [6.07, 6.45) is 44.6. The quantitative estimate of drug-likeness (QED) is 0.0121. The number of aliphatic hydroxyl groups is 2. The predicted molar refractivity (Wildman–Crippen MR) is 421 cm³/mol. The van der Waals surface area contributed by atoms with Crippen LogP contribution in [0.1, 0.15) is 350 Å². The molecule has 0 rings (SSSR count). The lowest BCUT2D eigenvalue weighted by molar-refractivity contribution is -0.152. The van der Waals surface area contributed by atoms with Crippen LogP contribution in [0.15, 0.2) is 24.3 Å². The molecule has 0 bridgehead atoms. The fraction of sp³-hybridized carbons (Fsp3) is 0.875. The van der Waals surface area contributed by atoms with Gasteiger partial charge in [-0.1, -0.05) is 220 Å². The number of allylic oxidation sites excluding steroid dienone is 4. The molecule has 0 aliphatic rings. The van der Waals surface area contributed by atoms with Crippen molar-refractivity contribution in [3.63, 3.8) is 0 Å². The van der Waals surface area contributed by atoms with Crippen LogP contribution in [-0.4, -0.2) is 158 Å². The number of amides is 4. The minimum Gasteiger partial charge on any atom is -0.462 e. The molecule has 0 spiro atoms.